The molecular weight excluding hydrogens is 459 g/mol. The molecule has 6 nitrogen and oxygen atoms in total. The first-order valence-corrected chi connectivity index (χ1v) is 11.0. The first-order chi connectivity index (χ1) is 15.7. The smallest absolute Gasteiger partial charge is 0.418 e. The van der Waals surface area contributed by atoms with E-state index in [2.05, 4.69) is 10.2 Å². The molecule has 1 fully saturated rings. The number of hydrogen-bond donors (Lipinski definition) is 1. The molecule has 1 N–H and O–H groups in total. The molecule has 33 heavy (non-hydrogen) atoms. The summed E-state index contributed by atoms with van der Waals surface area (Å²) >= 11 is 5.70. The van der Waals surface area contributed by atoms with Gasteiger partial charge >= 0.3 is 6.18 Å². The molecular formula is C23H27ClF3N3O3. The van der Waals surface area contributed by atoms with E-state index in [0.717, 1.165) is 37.2 Å². The van der Waals surface area contributed by atoms with Crippen LogP contribution in [0, 0.1) is 0 Å². The Morgan fingerprint density at radius 3 is 2.33 bits per heavy atom. The molecule has 0 spiro atoms. The van der Waals surface area contributed by atoms with Crippen molar-refractivity contribution in [3.05, 3.63) is 53.1 Å². The third kappa shape index (κ3) is 6.99. The van der Waals surface area contributed by atoms with Crippen LogP contribution < -0.4 is 14.8 Å². The first kappa shape index (κ1) is 25.1. The highest BCUT2D eigenvalue weighted by molar-refractivity contribution is 6.30. The van der Waals surface area contributed by atoms with Crippen LogP contribution in [-0.2, 0) is 11.0 Å². The molecule has 1 heterocycles. The lowest BCUT2D eigenvalue weighted by atomic mass is 10.1. The fourth-order valence-electron chi connectivity index (χ4n) is 3.60. The lowest BCUT2D eigenvalue weighted by molar-refractivity contribution is -0.137. The number of halogens is 4. The summed E-state index contributed by atoms with van der Waals surface area (Å²) in [6.07, 6.45) is -4.61. The number of benzene rings is 2. The zero-order valence-corrected chi connectivity index (χ0v) is 19.2. The molecule has 0 unspecified atom stereocenters. The van der Waals surface area contributed by atoms with Gasteiger partial charge in [-0.15, -0.1) is 0 Å². The van der Waals surface area contributed by atoms with Crippen LogP contribution in [0.4, 0.5) is 18.9 Å². The van der Waals surface area contributed by atoms with Gasteiger partial charge in [-0.25, -0.2) is 0 Å². The molecule has 1 saturated heterocycles. The lowest BCUT2D eigenvalue weighted by Gasteiger charge is -2.37. The number of nitrogens with one attached hydrogen (secondary N) is 1. The van der Waals surface area contributed by atoms with Crippen molar-refractivity contribution in [3.8, 4) is 11.5 Å². The summed E-state index contributed by atoms with van der Waals surface area (Å²) < 4.78 is 50.7. The van der Waals surface area contributed by atoms with Gasteiger partial charge < -0.3 is 14.8 Å². The normalized spacial score (nSPS) is 16.3. The Morgan fingerprint density at radius 2 is 1.73 bits per heavy atom. The average Bonchev–Trinajstić information content (AvgIpc) is 2.80. The van der Waals surface area contributed by atoms with Crippen molar-refractivity contribution < 1.29 is 27.4 Å². The van der Waals surface area contributed by atoms with Crippen LogP contribution in [0.25, 0.3) is 0 Å². The summed E-state index contributed by atoms with van der Waals surface area (Å²) in [6, 6.07) is 10.1. The maximum Gasteiger partial charge on any atom is 0.418 e. The Labute approximate surface area is 196 Å². The predicted molar refractivity (Wildman–Crippen MR) is 121 cm³/mol. The molecule has 1 aliphatic rings. The number of anilines is 1. The summed E-state index contributed by atoms with van der Waals surface area (Å²) in [7, 11) is 1.61. The van der Waals surface area contributed by atoms with E-state index in [1.807, 2.05) is 29.2 Å². The Hall–Kier alpha value is -2.49. The van der Waals surface area contributed by atoms with Crippen LogP contribution in [0.3, 0.4) is 0 Å². The van der Waals surface area contributed by atoms with Crippen LogP contribution in [0.15, 0.2) is 42.5 Å². The Bertz CT molecular complexity index is 933. The fourth-order valence-corrected chi connectivity index (χ4v) is 3.77. The zero-order chi connectivity index (χ0) is 24.0. The van der Waals surface area contributed by atoms with Gasteiger partial charge in [0.15, 0.2) is 0 Å². The van der Waals surface area contributed by atoms with E-state index in [-0.39, 0.29) is 10.7 Å². The van der Waals surface area contributed by atoms with E-state index in [0.29, 0.717) is 19.7 Å². The van der Waals surface area contributed by atoms with Gasteiger partial charge in [0.2, 0.25) is 5.91 Å². The summed E-state index contributed by atoms with van der Waals surface area (Å²) in [4.78, 5) is 16.8. The van der Waals surface area contributed by atoms with Gasteiger partial charge in [0.25, 0.3) is 0 Å². The van der Waals surface area contributed by atoms with Crippen LogP contribution >= 0.6 is 11.6 Å². The third-order valence-electron chi connectivity index (χ3n) is 5.61. The SMILES string of the molecule is COc1ccc(OCCN2CCN([C@H](C)C(=O)Nc3ccc(Cl)cc3C(F)(F)F)CC2)cc1. The maximum absolute atomic E-state index is 13.3. The number of nitrogens with zero attached hydrogens (tertiary/aromatic N) is 2. The number of methoxy groups -OCH3 is 1. The monoisotopic (exact) mass is 485 g/mol. The highest BCUT2D eigenvalue weighted by atomic mass is 35.5. The van der Waals surface area contributed by atoms with Crippen molar-refractivity contribution in [1.82, 2.24) is 9.80 Å². The van der Waals surface area contributed by atoms with E-state index in [4.69, 9.17) is 21.1 Å². The molecule has 0 radical (unpaired) electrons. The largest absolute Gasteiger partial charge is 0.497 e. The van der Waals surface area contributed by atoms with E-state index in [1.54, 1.807) is 14.0 Å². The van der Waals surface area contributed by atoms with Gasteiger partial charge in [-0.3, -0.25) is 14.6 Å². The highest BCUT2D eigenvalue weighted by Gasteiger charge is 2.35. The second-order valence-electron chi connectivity index (χ2n) is 7.75. The molecule has 0 saturated carbocycles. The molecule has 0 aliphatic carbocycles. The second kappa shape index (κ2) is 11.1. The summed E-state index contributed by atoms with van der Waals surface area (Å²) in [6.45, 7) is 5.69. The van der Waals surface area contributed by atoms with Crippen LogP contribution in [0.1, 0.15) is 12.5 Å². The molecule has 1 amide bonds. The molecule has 1 atom stereocenters. The van der Waals surface area contributed by atoms with Crippen molar-refractivity contribution in [2.75, 3.05) is 51.8 Å². The van der Waals surface area contributed by atoms with Gasteiger partial charge in [0.05, 0.1) is 24.4 Å². The minimum atomic E-state index is -4.61. The van der Waals surface area contributed by atoms with Crippen LogP contribution in [0.5, 0.6) is 11.5 Å². The lowest BCUT2D eigenvalue weighted by Crippen LogP contribution is -2.53. The van der Waals surface area contributed by atoms with Gasteiger partial charge in [0.1, 0.15) is 18.1 Å². The summed E-state index contributed by atoms with van der Waals surface area (Å²) in [5.41, 5.74) is -1.25. The zero-order valence-electron chi connectivity index (χ0n) is 18.5. The summed E-state index contributed by atoms with van der Waals surface area (Å²) in [5.74, 6) is 1.04. The number of amides is 1. The van der Waals surface area contributed by atoms with Crippen LogP contribution in [0.2, 0.25) is 5.02 Å². The molecule has 180 valence electrons. The van der Waals surface area contributed by atoms with Crippen molar-refractivity contribution in [3.63, 3.8) is 0 Å². The number of carbonyl (C=O) groups excluding carboxylic acids is 1. The third-order valence-corrected chi connectivity index (χ3v) is 5.85. The van der Waals surface area contributed by atoms with Crippen molar-refractivity contribution >= 4 is 23.2 Å². The molecule has 10 heteroatoms. The predicted octanol–water partition coefficient (Wildman–Crippen LogP) is 4.39. The molecule has 3 rings (SSSR count). The maximum atomic E-state index is 13.3. The Morgan fingerprint density at radius 1 is 1.09 bits per heavy atom. The molecule has 0 aromatic heterocycles. The molecule has 0 bridgehead atoms. The molecule has 1 aliphatic heterocycles. The molecule has 2 aromatic carbocycles. The Kier molecular flexibility index (Phi) is 8.45. The number of rotatable bonds is 8. The van der Waals surface area contributed by atoms with E-state index in [1.165, 1.54) is 12.1 Å². The number of hydrogen-bond acceptors (Lipinski definition) is 5. The minimum Gasteiger partial charge on any atom is -0.497 e. The van der Waals surface area contributed by atoms with E-state index in [9.17, 15) is 18.0 Å². The average molecular weight is 486 g/mol. The molecule has 2 aromatic rings. The number of piperazine rings is 1. The van der Waals surface area contributed by atoms with Gasteiger partial charge in [0, 0.05) is 37.7 Å². The van der Waals surface area contributed by atoms with Crippen molar-refractivity contribution in [2.24, 2.45) is 0 Å². The topological polar surface area (TPSA) is 54.0 Å². The standard InChI is InChI=1S/C23H27ClF3N3O3/c1-16(22(31)28-21-8-3-17(24)15-20(21)23(25,26)27)30-11-9-29(10-12-30)13-14-33-19-6-4-18(32-2)5-7-19/h3-8,15-16H,9-14H2,1-2H3,(H,28,31)/t16-/m1/s1. The number of ether oxygens (including phenoxy) is 2. The van der Waals surface area contributed by atoms with Gasteiger partial charge in [-0.2, -0.15) is 13.2 Å². The Balaban J connectivity index is 1.46. The van der Waals surface area contributed by atoms with Gasteiger partial charge in [-0.1, -0.05) is 11.6 Å². The van der Waals surface area contributed by atoms with E-state index >= 15 is 0 Å². The fraction of sp³-hybridized carbons (Fsp3) is 0.435. The highest BCUT2D eigenvalue weighted by Crippen LogP contribution is 2.36. The van der Waals surface area contributed by atoms with Crippen LogP contribution in [-0.4, -0.2) is 68.2 Å². The van der Waals surface area contributed by atoms with E-state index < -0.39 is 23.7 Å². The quantitative estimate of drug-likeness (QED) is 0.601. The van der Waals surface area contributed by atoms with Gasteiger partial charge in [-0.05, 0) is 49.4 Å². The number of alkyl halides is 3. The second-order valence-corrected chi connectivity index (χ2v) is 8.19. The summed E-state index contributed by atoms with van der Waals surface area (Å²) in [5, 5.41) is 2.37. The number of carbonyl (C=O) groups is 1. The van der Waals surface area contributed by atoms with Crippen molar-refractivity contribution in [2.45, 2.75) is 19.1 Å². The first-order valence-electron chi connectivity index (χ1n) is 10.6. The van der Waals surface area contributed by atoms with Crippen molar-refractivity contribution in [1.29, 1.82) is 0 Å². The minimum absolute atomic E-state index is 0.0412.